The SMILES string of the molecule is CCC(=O)N1CCc2ccc(NC(=O)Cc3ccc(OC)c(OC)c3)cc2C1. The van der Waals surface area contributed by atoms with Crippen LogP contribution in [0.5, 0.6) is 11.5 Å². The molecule has 0 aromatic heterocycles. The summed E-state index contributed by atoms with van der Waals surface area (Å²) in [5, 5.41) is 2.95. The van der Waals surface area contributed by atoms with Crippen molar-refractivity contribution < 1.29 is 19.1 Å². The molecule has 1 aliphatic heterocycles. The van der Waals surface area contributed by atoms with E-state index in [2.05, 4.69) is 5.32 Å². The summed E-state index contributed by atoms with van der Waals surface area (Å²) >= 11 is 0. The van der Waals surface area contributed by atoms with Gasteiger partial charge >= 0.3 is 0 Å². The highest BCUT2D eigenvalue weighted by atomic mass is 16.5. The van der Waals surface area contributed by atoms with E-state index in [1.807, 2.05) is 36.1 Å². The average Bonchev–Trinajstić information content (AvgIpc) is 2.72. The van der Waals surface area contributed by atoms with E-state index in [9.17, 15) is 9.59 Å². The van der Waals surface area contributed by atoms with E-state index in [0.717, 1.165) is 29.8 Å². The maximum atomic E-state index is 12.5. The molecular formula is C22H26N2O4. The van der Waals surface area contributed by atoms with Crippen LogP contribution in [0.3, 0.4) is 0 Å². The fraction of sp³-hybridized carbons (Fsp3) is 0.364. The highest BCUT2D eigenvalue weighted by Gasteiger charge is 2.20. The number of anilines is 1. The Kier molecular flexibility index (Phi) is 6.19. The number of ether oxygens (including phenoxy) is 2. The van der Waals surface area contributed by atoms with Gasteiger partial charge in [0.05, 0.1) is 20.6 Å². The van der Waals surface area contributed by atoms with Crippen LogP contribution in [-0.4, -0.2) is 37.5 Å². The van der Waals surface area contributed by atoms with Gasteiger partial charge in [0, 0.05) is 25.2 Å². The maximum Gasteiger partial charge on any atom is 0.228 e. The van der Waals surface area contributed by atoms with Crippen molar-refractivity contribution in [3.05, 3.63) is 53.1 Å². The van der Waals surface area contributed by atoms with Crippen molar-refractivity contribution in [1.29, 1.82) is 0 Å². The molecule has 0 radical (unpaired) electrons. The van der Waals surface area contributed by atoms with Gasteiger partial charge in [-0.1, -0.05) is 19.1 Å². The second-order valence-electron chi connectivity index (χ2n) is 6.82. The Morgan fingerprint density at radius 3 is 2.54 bits per heavy atom. The summed E-state index contributed by atoms with van der Waals surface area (Å²) in [4.78, 5) is 26.3. The molecule has 0 bridgehead atoms. The van der Waals surface area contributed by atoms with E-state index < -0.39 is 0 Å². The number of amides is 2. The molecule has 0 fully saturated rings. The Morgan fingerprint density at radius 1 is 1.04 bits per heavy atom. The summed E-state index contributed by atoms with van der Waals surface area (Å²) in [5.41, 5.74) is 3.91. The minimum Gasteiger partial charge on any atom is -0.493 e. The summed E-state index contributed by atoms with van der Waals surface area (Å²) in [6, 6.07) is 11.4. The standard InChI is InChI=1S/C22H26N2O4/c1-4-22(26)24-10-9-16-6-7-18(13-17(16)14-24)23-21(25)12-15-5-8-19(27-2)20(11-15)28-3/h5-8,11,13H,4,9-10,12,14H2,1-3H3,(H,23,25). The molecule has 148 valence electrons. The first-order valence-electron chi connectivity index (χ1n) is 9.44. The fourth-order valence-electron chi connectivity index (χ4n) is 3.45. The van der Waals surface area contributed by atoms with Gasteiger partial charge in [0.25, 0.3) is 0 Å². The van der Waals surface area contributed by atoms with Gasteiger partial charge in [0.2, 0.25) is 11.8 Å². The summed E-state index contributed by atoms with van der Waals surface area (Å²) in [7, 11) is 3.15. The Labute approximate surface area is 165 Å². The molecule has 28 heavy (non-hydrogen) atoms. The molecule has 1 heterocycles. The van der Waals surface area contributed by atoms with Crippen LogP contribution in [0.4, 0.5) is 5.69 Å². The molecule has 0 aliphatic carbocycles. The molecule has 0 spiro atoms. The van der Waals surface area contributed by atoms with Crippen LogP contribution in [-0.2, 0) is 29.0 Å². The van der Waals surface area contributed by atoms with Gasteiger partial charge < -0.3 is 19.7 Å². The van der Waals surface area contributed by atoms with Crippen LogP contribution >= 0.6 is 0 Å². The second-order valence-corrected chi connectivity index (χ2v) is 6.82. The summed E-state index contributed by atoms with van der Waals surface area (Å²) in [6.45, 7) is 3.23. The number of carbonyl (C=O) groups excluding carboxylic acids is 2. The van der Waals surface area contributed by atoms with E-state index in [1.165, 1.54) is 5.56 Å². The fourth-order valence-corrected chi connectivity index (χ4v) is 3.45. The van der Waals surface area contributed by atoms with E-state index in [1.54, 1.807) is 26.4 Å². The third kappa shape index (κ3) is 4.44. The number of benzene rings is 2. The summed E-state index contributed by atoms with van der Waals surface area (Å²) in [6.07, 6.45) is 1.59. The number of hydrogen-bond acceptors (Lipinski definition) is 4. The Bertz CT molecular complexity index is 879. The number of nitrogens with zero attached hydrogens (tertiary/aromatic N) is 1. The number of carbonyl (C=O) groups is 2. The lowest BCUT2D eigenvalue weighted by Crippen LogP contribution is -2.35. The third-order valence-corrected chi connectivity index (χ3v) is 4.97. The molecule has 1 aliphatic rings. The molecule has 0 atom stereocenters. The molecule has 0 saturated heterocycles. The topological polar surface area (TPSA) is 67.9 Å². The van der Waals surface area contributed by atoms with Crippen molar-refractivity contribution in [2.24, 2.45) is 0 Å². The van der Waals surface area contributed by atoms with Crippen LogP contribution in [0.25, 0.3) is 0 Å². The average molecular weight is 382 g/mol. The Hall–Kier alpha value is -3.02. The van der Waals surface area contributed by atoms with Crippen molar-refractivity contribution >= 4 is 17.5 Å². The van der Waals surface area contributed by atoms with Crippen LogP contribution in [0.1, 0.15) is 30.0 Å². The predicted octanol–water partition coefficient (Wildman–Crippen LogP) is 3.18. The van der Waals surface area contributed by atoms with Crippen LogP contribution < -0.4 is 14.8 Å². The first-order valence-corrected chi connectivity index (χ1v) is 9.44. The Balaban J connectivity index is 1.67. The molecule has 6 heteroatoms. The summed E-state index contributed by atoms with van der Waals surface area (Å²) < 4.78 is 10.5. The molecule has 1 N–H and O–H groups in total. The zero-order valence-corrected chi connectivity index (χ0v) is 16.6. The molecule has 2 amide bonds. The Morgan fingerprint density at radius 2 is 1.82 bits per heavy atom. The van der Waals surface area contributed by atoms with Crippen LogP contribution in [0.2, 0.25) is 0 Å². The highest BCUT2D eigenvalue weighted by molar-refractivity contribution is 5.92. The van der Waals surface area contributed by atoms with E-state index in [0.29, 0.717) is 24.5 Å². The minimum atomic E-state index is -0.107. The van der Waals surface area contributed by atoms with E-state index in [-0.39, 0.29) is 18.2 Å². The normalized spacial score (nSPS) is 12.9. The number of methoxy groups -OCH3 is 2. The number of rotatable bonds is 6. The number of fused-ring (bicyclic) bond motifs is 1. The molecule has 2 aromatic rings. The molecule has 0 saturated carbocycles. The highest BCUT2D eigenvalue weighted by Crippen LogP contribution is 2.28. The lowest BCUT2D eigenvalue weighted by atomic mass is 9.98. The zero-order valence-electron chi connectivity index (χ0n) is 16.6. The van der Waals surface area contributed by atoms with E-state index in [4.69, 9.17) is 9.47 Å². The monoisotopic (exact) mass is 382 g/mol. The third-order valence-electron chi connectivity index (χ3n) is 4.97. The van der Waals surface area contributed by atoms with Gasteiger partial charge in [-0.25, -0.2) is 0 Å². The maximum absolute atomic E-state index is 12.5. The van der Waals surface area contributed by atoms with Crippen molar-refractivity contribution in [2.75, 3.05) is 26.1 Å². The van der Waals surface area contributed by atoms with E-state index >= 15 is 0 Å². The van der Waals surface area contributed by atoms with Crippen molar-refractivity contribution in [1.82, 2.24) is 4.90 Å². The number of nitrogens with one attached hydrogen (secondary N) is 1. The lowest BCUT2D eigenvalue weighted by Gasteiger charge is -2.29. The van der Waals surface area contributed by atoms with Gasteiger partial charge in [-0.15, -0.1) is 0 Å². The lowest BCUT2D eigenvalue weighted by molar-refractivity contribution is -0.131. The van der Waals surface area contributed by atoms with Crippen molar-refractivity contribution in [3.8, 4) is 11.5 Å². The van der Waals surface area contributed by atoms with Crippen molar-refractivity contribution in [2.45, 2.75) is 32.7 Å². The molecular weight excluding hydrogens is 356 g/mol. The smallest absolute Gasteiger partial charge is 0.228 e. The van der Waals surface area contributed by atoms with Gasteiger partial charge in [0.15, 0.2) is 11.5 Å². The zero-order chi connectivity index (χ0) is 20.1. The second kappa shape index (κ2) is 8.78. The predicted molar refractivity (Wildman–Crippen MR) is 108 cm³/mol. The van der Waals surface area contributed by atoms with Gasteiger partial charge in [-0.3, -0.25) is 9.59 Å². The molecule has 2 aromatic carbocycles. The minimum absolute atomic E-state index is 0.107. The van der Waals surface area contributed by atoms with Gasteiger partial charge in [0.1, 0.15) is 0 Å². The van der Waals surface area contributed by atoms with Crippen LogP contribution in [0.15, 0.2) is 36.4 Å². The first-order chi connectivity index (χ1) is 13.5. The quantitative estimate of drug-likeness (QED) is 0.833. The molecule has 6 nitrogen and oxygen atoms in total. The largest absolute Gasteiger partial charge is 0.493 e. The molecule has 3 rings (SSSR count). The summed E-state index contributed by atoms with van der Waals surface area (Å²) in [5.74, 6) is 1.29. The first kappa shape index (κ1) is 19.7. The van der Waals surface area contributed by atoms with Gasteiger partial charge in [-0.05, 0) is 47.4 Å². The van der Waals surface area contributed by atoms with Crippen LogP contribution in [0, 0.1) is 0 Å². The van der Waals surface area contributed by atoms with Gasteiger partial charge in [-0.2, -0.15) is 0 Å². The molecule has 0 unspecified atom stereocenters. The van der Waals surface area contributed by atoms with Crippen molar-refractivity contribution in [3.63, 3.8) is 0 Å². The number of hydrogen-bond donors (Lipinski definition) is 1.